The van der Waals surface area contributed by atoms with Crippen molar-refractivity contribution in [1.82, 2.24) is 0 Å². The first-order chi connectivity index (χ1) is 7.63. The van der Waals surface area contributed by atoms with E-state index in [1.807, 2.05) is 11.4 Å². The predicted octanol–water partition coefficient (Wildman–Crippen LogP) is 2.47. The van der Waals surface area contributed by atoms with Crippen molar-refractivity contribution < 1.29 is 14.6 Å². The fraction of sp³-hybridized carbons (Fsp3) is 0.545. The highest BCUT2D eigenvalue weighted by Crippen LogP contribution is 2.31. The van der Waals surface area contributed by atoms with E-state index in [1.165, 1.54) is 12.0 Å². The van der Waals surface area contributed by atoms with Crippen molar-refractivity contribution in [3.63, 3.8) is 0 Å². The number of rotatable bonds is 6. The van der Waals surface area contributed by atoms with Gasteiger partial charge in [0.15, 0.2) is 0 Å². The lowest BCUT2D eigenvalue weighted by atomic mass is 10.3. The monoisotopic (exact) mass is 260 g/mol. The Bertz CT molecular complexity index is 311. The number of carbonyl (C=O) groups excluding carboxylic acids is 1. The molecule has 1 unspecified atom stereocenters. The minimum Gasteiger partial charge on any atom is -0.469 e. The fourth-order valence-electron chi connectivity index (χ4n) is 1.19. The molecule has 1 N–H and O–H groups in total. The number of hydrogen-bond acceptors (Lipinski definition) is 5. The zero-order valence-electron chi connectivity index (χ0n) is 9.38. The molecule has 3 nitrogen and oxygen atoms in total. The van der Waals surface area contributed by atoms with Gasteiger partial charge in [-0.2, -0.15) is 11.8 Å². The van der Waals surface area contributed by atoms with Crippen LogP contribution in [0.4, 0.5) is 0 Å². The molecule has 0 fully saturated rings. The second-order valence-electron chi connectivity index (χ2n) is 3.43. The van der Waals surface area contributed by atoms with Gasteiger partial charge >= 0.3 is 5.97 Å². The van der Waals surface area contributed by atoms with Crippen LogP contribution in [0.15, 0.2) is 17.5 Å². The largest absolute Gasteiger partial charge is 0.469 e. The molecule has 1 aromatic rings. The number of methoxy groups -OCH3 is 1. The van der Waals surface area contributed by atoms with Crippen molar-refractivity contribution in [2.75, 3.05) is 12.9 Å². The number of thioether (sulfide) groups is 1. The molecule has 0 aliphatic heterocycles. The predicted molar refractivity (Wildman–Crippen MR) is 67.8 cm³/mol. The van der Waals surface area contributed by atoms with Gasteiger partial charge in [-0.1, -0.05) is 6.07 Å². The average Bonchev–Trinajstić information content (AvgIpc) is 2.79. The molecule has 0 aliphatic carbocycles. The summed E-state index contributed by atoms with van der Waals surface area (Å²) in [4.78, 5) is 12.2. The molecule has 1 heterocycles. The second-order valence-corrected chi connectivity index (χ2v) is 5.78. The normalized spacial score (nSPS) is 14.4. The lowest BCUT2D eigenvalue weighted by molar-refractivity contribution is -0.142. The van der Waals surface area contributed by atoms with E-state index in [1.54, 1.807) is 23.1 Å². The van der Waals surface area contributed by atoms with Gasteiger partial charge in [-0.05, 0) is 18.4 Å². The molecule has 0 bridgehead atoms. The van der Waals surface area contributed by atoms with Gasteiger partial charge in [-0.3, -0.25) is 4.79 Å². The molecule has 0 amide bonds. The fourth-order valence-corrected chi connectivity index (χ4v) is 3.10. The number of esters is 1. The van der Waals surface area contributed by atoms with Crippen LogP contribution in [0.2, 0.25) is 0 Å². The van der Waals surface area contributed by atoms with Gasteiger partial charge in [0.25, 0.3) is 0 Å². The van der Waals surface area contributed by atoms with Crippen molar-refractivity contribution in [3.8, 4) is 0 Å². The van der Waals surface area contributed by atoms with Crippen LogP contribution >= 0.6 is 23.1 Å². The van der Waals surface area contributed by atoms with Crippen molar-refractivity contribution in [2.24, 2.45) is 0 Å². The van der Waals surface area contributed by atoms with E-state index in [0.717, 1.165) is 0 Å². The third kappa shape index (κ3) is 4.55. The Morgan fingerprint density at radius 1 is 1.69 bits per heavy atom. The van der Waals surface area contributed by atoms with Gasteiger partial charge in [0.05, 0.1) is 19.6 Å². The van der Waals surface area contributed by atoms with Gasteiger partial charge in [0.1, 0.15) is 0 Å². The number of carbonyl (C=O) groups is 1. The van der Waals surface area contributed by atoms with Gasteiger partial charge in [0, 0.05) is 15.9 Å². The van der Waals surface area contributed by atoms with E-state index < -0.39 is 6.10 Å². The van der Waals surface area contributed by atoms with Gasteiger partial charge < -0.3 is 9.84 Å². The highest BCUT2D eigenvalue weighted by atomic mass is 32.2. The van der Waals surface area contributed by atoms with Crippen molar-refractivity contribution in [3.05, 3.63) is 22.4 Å². The Hall–Kier alpha value is -0.520. The van der Waals surface area contributed by atoms with Gasteiger partial charge in [-0.25, -0.2) is 0 Å². The maximum atomic E-state index is 10.9. The molecule has 0 radical (unpaired) electrons. The average molecular weight is 260 g/mol. The van der Waals surface area contributed by atoms with Crippen molar-refractivity contribution >= 4 is 29.1 Å². The Balaban J connectivity index is 2.26. The third-order valence-electron chi connectivity index (χ3n) is 2.11. The summed E-state index contributed by atoms with van der Waals surface area (Å²) >= 11 is 3.35. The summed E-state index contributed by atoms with van der Waals surface area (Å²) in [5.41, 5.74) is 0. The second kappa shape index (κ2) is 6.93. The van der Waals surface area contributed by atoms with Crippen molar-refractivity contribution in [2.45, 2.75) is 24.7 Å². The lowest BCUT2D eigenvalue weighted by Gasteiger charge is -2.12. The summed E-state index contributed by atoms with van der Waals surface area (Å²) in [6.07, 6.45) is -0.555. The first kappa shape index (κ1) is 13.5. The molecule has 16 heavy (non-hydrogen) atoms. The summed E-state index contributed by atoms with van der Waals surface area (Å²) in [5, 5.41) is 12.0. The van der Waals surface area contributed by atoms with Crippen LogP contribution in [0.3, 0.4) is 0 Å². The Kier molecular flexibility index (Phi) is 5.87. The molecule has 0 saturated heterocycles. The molecule has 1 rings (SSSR count). The maximum Gasteiger partial charge on any atom is 0.308 e. The molecule has 0 aromatic carbocycles. The first-order valence-electron chi connectivity index (χ1n) is 5.03. The summed E-state index contributed by atoms with van der Waals surface area (Å²) < 4.78 is 4.49. The summed E-state index contributed by atoms with van der Waals surface area (Å²) in [5.74, 6) is 0.186. The zero-order chi connectivity index (χ0) is 12.0. The molecule has 0 saturated carbocycles. The minimum atomic E-state index is -0.625. The maximum absolute atomic E-state index is 10.9. The molecular weight excluding hydrogens is 244 g/mol. The molecule has 5 heteroatoms. The Labute approximate surface area is 104 Å². The summed E-state index contributed by atoms with van der Waals surface area (Å²) in [7, 11) is 1.33. The standard InChI is InChI=1S/C11H16O3S2/c1-8(10-4-3-5-15-10)16-7-9(12)6-11(13)14-2/h3-5,8-9,12H,6-7H2,1-2H3/t8?,9-/m1/s1. The number of aliphatic hydroxyl groups is 1. The Morgan fingerprint density at radius 3 is 3.00 bits per heavy atom. The summed E-state index contributed by atoms with van der Waals surface area (Å²) in [6, 6.07) is 4.09. The van der Waals surface area contributed by atoms with E-state index in [4.69, 9.17) is 0 Å². The Morgan fingerprint density at radius 2 is 2.44 bits per heavy atom. The van der Waals surface area contributed by atoms with Crippen LogP contribution in [0, 0.1) is 0 Å². The van der Waals surface area contributed by atoms with E-state index in [0.29, 0.717) is 11.0 Å². The van der Waals surface area contributed by atoms with E-state index in [-0.39, 0.29) is 12.4 Å². The molecule has 0 spiro atoms. The smallest absolute Gasteiger partial charge is 0.308 e. The molecule has 1 aromatic heterocycles. The van der Waals surface area contributed by atoms with Crippen LogP contribution in [-0.4, -0.2) is 30.0 Å². The van der Waals surface area contributed by atoms with E-state index in [2.05, 4.69) is 17.7 Å². The molecule has 90 valence electrons. The van der Waals surface area contributed by atoms with E-state index in [9.17, 15) is 9.90 Å². The number of thiophene rings is 1. The minimum absolute atomic E-state index is 0.0701. The summed E-state index contributed by atoms with van der Waals surface area (Å²) in [6.45, 7) is 2.10. The number of hydrogen-bond donors (Lipinski definition) is 1. The molecular formula is C11H16O3S2. The van der Waals surface area contributed by atoms with Gasteiger partial charge in [0.2, 0.25) is 0 Å². The lowest BCUT2D eigenvalue weighted by Crippen LogP contribution is -2.17. The molecule has 0 aliphatic rings. The third-order valence-corrected chi connectivity index (χ3v) is 4.65. The molecule has 2 atom stereocenters. The first-order valence-corrected chi connectivity index (χ1v) is 6.96. The van der Waals surface area contributed by atoms with Crippen LogP contribution in [0.1, 0.15) is 23.5 Å². The number of ether oxygens (including phenoxy) is 1. The highest BCUT2D eigenvalue weighted by molar-refractivity contribution is 7.99. The van der Waals surface area contributed by atoms with Crippen LogP contribution < -0.4 is 0 Å². The van der Waals surface area contributed by atoms with Gasteiger partial charge in [-0.15, -0.1) is 11.3 Å². The van der Waals surface area contributed by atoms with Crippen LogP contribution in [-0.2, 0) is 9.53 Å². The SMILES string of the molecule is COC(=O)C[C@@H](O)CSC(C)c1cccs1. The quantitative estimate of drug-likeness (QED) is 0.798. The highest BCUT2D eigenvalue weighted by Gasteiger charge is 2.14. The van der Waals surface area contributed by atoms with Crippen LogP contribution in [0.25, 0.3) is 0 Å². The van der Waals surface area contributed by atoms with Crippen molar-refractivity contribution in [1.29, 1.82) is 0 Å². The van der Waals surface area contributed by atoms with Crippen LogP contribution in [0.5, 0.6) is 0 Å². The van der Waals surface area contributed by atoms with E-state index >= 15 is 0 Å². The topological polar surface area (TPSA) is 46.5 Å². The zero-order valence-corrected chi connectivity index (χ0v) is 11.0. The number of aliphatic hydroxyl groups excluding tert-OH is 1.